The quantitative estimate of drug-likeness (QED) is 0.827. The van der Waals surface area contributed by atoms with Crippen molar-refractivity contribution in [1.82, 2.24) is 10.2 Å². The summed E-state index contributed by atoms with van der Waals surface area (Å²) in [6.07, 6.45) is 2.66. The summed E-state index contributed by atoms with van der Waals surface area (Å²) >= 11 is 1.67. The van der Waals surface area contributed by atoms with Crippen LogP contribution in [-0.2, 0) is 4.79 Å². The molecule has 0 aromatic rings. The van der Waals surface area contributed by atoms with Gasteiger partial charge in [-0.25, -0.2) is 0 Å². The van der Waals surface area contributed by atoms with Gasteiger partial charge in [-0.2, -0.15) is 0 Å². The molecule has 0 spiro atoms. The largest absolute Gasteiger partial charge is 0.305 e. The molecule has 0 aromatic heterocycles. The molecule has 4 nitrogen and oxygen atoms in total. The highest BCUT2D eigenvalue weighted by Crippen LogP contribution is 2.16. The Bertz CT molecular complexity index is 313. The number of hydrogen-bond donors (Lipinski definition) is 1. The zero-order valence-corrected chi connectivity index (χ0v) is 11.4. The van der Waals surface area contributed by atoms with Gasteiger partial charge in [0.1, 0.15) is 0 Å². The van der Waals surface area contributed by atoms with Crippen molar-refractivity contribution in [3.8, 4) is 0 Å². The van der Waals surface area contributed by atoms with Gasteiger partial charge in [-0.05, 0) is 32.9 Å². The van der Waals surface area contributed by atoms with Gasteiger partial charge in [-0.1, -0.05) is 18.7 Å². The zero-order chi connectivity index (χ0) is 12.3. The van der Waals surface area contributed by atoms with Crippen molar-refractivity contribution in [1.29, 1.82) is 0 Å². The van der Waals surface area contributed by atoms with E-state index in [9.17, 15) is 4.79 Å². The van der Waals surface area contributed by atoms with E-state index in [0.717, 1.165) is 17.5 Å². The van der Waals surface area contributed by atoms with E-state index in [0.29, 0.717) is 0 Å². The van der Waals surface area contributed by atoms with E-state index in [2.05, 4.69) is 15.2 Å². The van der Waals surface area contributed by atoms with E-state index in [1.54, 1.807) is 11.8 Å². The van der Waals surface area contributed by atoms with Gasteiger partial charge in [-0.3, -0.25) is 9.79 Å². The predicted molar refractivity (Wildman–Crippen MR) is 72.3 cm³/mol. The minimum absolute atomic E-state index is 0.00191. The summed E-state index contributed by atoms with van der Waals surface area (Å²) in [6, 6.07) is 0.109. The van der Waals surface area contributed by atoms with Crippen LogP contribution < -0.4 is 5.32 Å². The summed E-state index contributed by atoms with van der Waals surface area (Å²) in [4.78, 5) is 18.6. The number of amides is 1. The van der Waals surface area contributed by atoms with E-state index in [1.807, 2.05) is 13.8 Å². The Morgan fingerprint density at radius 1 is 1.41 bits per heavy atom. The third-order valence-electron chi connectivity index (χ3n) is 3.53. The SMILES string of the molecule is CC1N=C(SCCN2CCCC2)NC(=O)C1C. The maximum absolute atomic E-state index is 11.6. The number of nitrogens with one attached hydrogen (secondary N) is 1. The van der Waals surface area contributed by atoms with Gasteiger partial charge in [0.05, 0.1) is 12.0 Å². The summed E-state index contributed by atoms with van der Waals surface area (Å²) in [7, 11) is 0. The number of carbonyl (C=O) groups is 1. The van der Waals surface area contributed by atoms with Gasteiger partial charge >= 0.3 is 0 Å². The van der Waals surface area contributed by atoms with E-state index >= 15 is 0 Å². The zero-order valence-electron chi connectivity index (χ0n) is 10.6. The number of rotatable bonds is 3. The molecule has 0 bridgehead atoms. The molecule has 2 unspecified atom stereocenters. The third kappa shape index (κ3) is 3.45. The molecule has 1 fully saturated rings. The molecule has 2 heterocycles. The third-order valence-corrected chi connectivity index (χ3v) is 4.40. The van der Waals surface area contributed by atoms with Gasteiger partial charge in [0.15, 0.2) is 5.17 Å². The van der Waals surface area contributed by atoms with Crippen LogP contribution >= 0.6 is 11.8 Å². The summed E-state index contributed by atoms with van der Waals surface area (Å²) in [5.41, 5.74) is 0. The minimum atomic E-state index is -0.00191. The number of thioether (sulfide) groups is 1. The molecule has 2 aliphatic heterocycles. The van der Waals surface area contributed by atoms with E-state index in [1.165, 1.54) is 25.9 Å². The molecule has 0 aliphatic carbocycles. The van der Waals surface area contributed by atoms with Crippen molar-refractivity contribution in [3.05, 3.63) is 0 Å². The fraction of sp³-hybridized carbons (Fsp3) is 0.833. The fourth-order valence-corrected chi connectivity index (χ4v) is 3.07. The number of amidine groups is 1. The van der Waals surface area contributed by atoms with Crippen molar-refractivity contribution in [2.24, 2.45) is 10.9 Å². The van der Waals surface area contributed by atoms with Gasteiger partial charge in [0, 0.05) is 12.3 Å². The molecule has 0 saturated carbocycles. The number of aliphatic imine (C=N–C) groups is 1. The van der Waals surface area contributed by atoms with Crippen LogP contribution in [-0.4, -0.2) is 47.4 Å². The number of nitrogens with zero attached hydrogens (tertiary/aromatic N) is 2. The first-order valence-electron chi connectivity index (χ1n) is 6.40. The molecule has 17 heavy (non-hydrogen) atoms. The smallest absolute Gasteiger partial charge is 0.230 e. The second kappa shape index (κ2) is 5.87. The molecule has 0 aromatic carbocycles. The Morgan fingerprint density at radius 2 is 2.12 bits per heavy atom. The molecule has 2 atom stereocenters. The van der Waals surface area contributed by atoms with Gasteiger partial charge in [-0.15, -0.1) is 0 Å². The lowest BCUT2D eigenvalue weighted by atomic mass is 10.0. The number of carbonyl (C=O) groups excluding carboxylic acids is 1. The number of likely N-dealkylation sites (tertiary alicyclic amines) is 1. The van der Waals surface area contributed by atoms with Crippen molar-refractivity contribution in [3.63, 3.8) is 0 Å². The average molecular weight is 255 g/mol. The molecule has 1 saturated heterocycles. The van der Waals surface area contributed by atoms with Crippen molar-refractivity contribution in [2.75, 3.05) is 25.4 Å². The van der Waals surface area contributed by atoms with Gasteiger partial charge in [0.25, 0.3) is 0 Å². The molecular weight excluding hydrogens is 234 g/mol. The minimum Gasteiger partial charge on any atom is -0.305 e. The van der Waals surface area contributed by atoms with Crippen LogP contribution in [0, 0.1) is 5.92 Å². The summed E-state index contributed by atoms with van der Waals surface area (Å²) < 4.78 is 0. The summed E-state index contributed by atoms with van der Waals surface area (Å²) in [5.74, 6) is 1.12. The summed E-state index contributed by atoms with van der Waals surface area (Å²) in [6.45, 7) is 7.49. The van der Waals surface area contributed by atoms with E-state index in [-0.39, 0.29) is 17.9 Å². The molecule has 5 heteroatoms. The average Bonchev–Trinajstić information content (AvgIpc) is 2.79. The lowest BCUT2D eigenvalue weighted by molar-refractivity contribution is -0.123. The Balaban J connectivity index is 1.75. The lowest BCUT2D eigenvalue weighted by Gasteiger charge is -2.23. The second-order valence-electron chi connectivity index (χ2n) is 4.85. The predicted octanol–water partition coefficient (Wildman–Crippen LogP) is 1.33. The number of hydrogen-bond acceptors (Lipinski definition) is 4. The standard InChI is InChI=1S/C12H21N3OS/c1-9-10(2)13-12(14-11(9)16)17-8-7-15-5-3-4-6-15/h9-10H,3-8H2,1-2H3,(H,13,14,16). The maximum Gasteiger partial charge on any atom is 0.230 e. The Morgan fingerprint density at radius 3 is 2.76 bits per heavy atom. The van der Waals surface area contributed by atoms with Crippen LogP contribution in [0.15, 0.2) is 4.99 Å². The molecule has 96 valence electrons. The van der Waals surface area contributed by atoms with Crippen molar-refractivity contribution < 1.29 is 4.79 Å². The lowest BCUT2D eigenvalue weighted by Crippen LogP contribution is -2.42. The highest BCUT2D eigenvalue weighted by atomic mass is 32.2. The maximum atomic E-state index is 11.6. The Labute approximate surface area is 107 Å². The van der Waals surface area contributed by atoms with Crippen LogP contribution in [0.1, 0.15) is 26.7 Å². The molecule has 2 rings (SSSR count). The van der Waals surface area contributed by atoms with E-state index in [4.69, 9.17) is 0 Å². The first-order valence-corrected chi connectivity index (χ1v) is 7.39. The monoisotopic (exact) mass is 255 g/mol. The molecule has 0 radical (unpaired) electrons. The van der Waals surface area contributed by atoms with Gasteiger partial charge in [0.2, 0.25) is 5.91 Å². The van der Waals surface area contributed by atoms with Crippen LogP contribution in [0.4, 0.5) is 0 Å². The second-order valence-corrected chi connectivity index (χ2v) is 5.93. The highest BCUT2D eigenvalue weighted by molar-refractivity contribution is 8.13. The molecule has 1 N–H and O–H groups in total. The van der Waals surface area contributed by atoms with Crippen LogP contribution in [0.3, 0.4) is 0 Å². The Kier molecular flexibility index (Phi) is 4.45. The Hall–Kier alpha value is -0.550. The van der Waals surface area contributed by atoms with Crippen LogP contribution in [0.2, 0.25) is 0 Å². The van der Waals surface area contributed by atoms with Gasteiger partial charge < -0.3 is 10.2 Å². The summed E-state index contributed by atoms with van der Waals surface area (Å²) in [5, 5.41) is 3.68. The first-order chi connectivity index (χ1) is 8.16. The van der Waals surface area contributed by atoms with Crippen molar-refractivity contribution in [2.45, 2.75) is 32.7 Å². The first kappa shape index (κ1) is 12.9. The van der Waals surface area contributed by atoms with Crippen LogP contribution in [0.5, 0.6) is 0 Å². The fourth-order valence-electron chi connectivity index (χ4n) is 2.12. The van der Waals surface area contributed by atoms with E-state index < -0.39 is 0 Å². The van der Waals surface area contributed by atoms with Crippen LogP contribution in [0.25, 0.3) is 0 Å². The molecule has 1 amide bonds. The molecular formula is C12H21N3OS. The highest BCUT2D eigenvalue weighted by Gasteiger charge is 2.26. The normalized spacial score (nSPS) is 30.2. The van der Waals surface area contributed by atoms with Crippen molar-refractivity contribution >= 4 is 22.8 Å². The molecule has 2 aliphatic rings. The topological polar surface area (TPSA) is 44.7 Å².